The highest BCUT2D eigenvalue weighted by Crippen LogP contribution is 2.12. The van der Waals surface area contributed by atoms with E-state index in [1.807, 2.05) is 6.07 Å². The van der Waals surface area contributed by atoms with Gasteiger partial charge in [-0.1, -0.05) is 26.2 Å². The maximum atomic E-state index is 3.11. The molecule has 0 aliphatic heterocycles. The summed E-state index contributed by atoms with van der Waals surface area (Å²) in [7, 11) is 0. The number of hydrogen-bond donors (Lipinski definition) is 0. The number of rotatable bonds is 5. The molecule has 0 spiro atoms. The molecule has 0 fully saturated rings. The molecule has 0 amide bonds. The van der Waals surface area contributed by atoms with Crippen molar-refractivity contribution in [1.29, 1.82) is 0 Å². The van der Waals surface area contributed by atoms with Crippen molar-refractivity contribution in [3.05, 3.63) is 22.4 Å². The zero-order chi connectivity index (χ0) is 7.94. The first-order chi connectivity index (χ1) is 5.43. The van der Waals surface area contributed by atoms with Crippen LogP contribution >= 0.6 is 11.3 Å². The number of unbranched alkanes of at least 4 members (excludes halogenated alkanes) is 3. The Hall–Kier alpha value is -0.300. The lowest BCUT2D eigenvalue weighted by Crippen LogP contribution is -1.80. The van der Waals surface area contributed by atoms with Crippen LogP contribution in [0.1, 0.15) is 37.5 Å². The van der Waals surface area contributed by atoms with E-state index in [0.29, 0.717) is 0 Å². The summed E-state index contributed by atoms with van der Waals surface area (Å²) in [6.45, 7) is 2.25. The van der Waals surface area contributed by atoms with Crippen molar-refractivity contribution in [3.63, 3.8) is 0 Å². The standard InChI is InChI=1S/C10H15S/c1-2-3-4-5-7-10-8-6-9-11-10/h6,8H,2-5,7H2,1H3. The Kier molecular flexibility index (Phi) is 4.29. The van der Waals surface area contributed by atoms with E-state index in [2.05, 4.69) is 18.4 Å². The molecule has 0 atom stereocenters. The SMILES string of the molecule is CCCCCCc1cc[c]s1. The Morgan fingerprint density at radius 1 is 1.36 bits per heavy atom. The van der Waals surface area contributed by atoms with Crippen LogP contribution in [0, 0.1) is 5.38 Å². The van der Waals surface area contributed by atoms with Gasteiger partial charge in [0.05, 0.1) is 0 Å². The third-order valence-corrected chi connectivity index (χ3v) is 2.66. The van der Waals surface area contributed by atoms with Crippen LogP contribution in [0.15, 0.2) is 12.1 Å². The fourth-order valence-electron chi connectivity index (χ4n) is 1.13. The predicted octanol–water partition coefficient (Wildman–Crippen LogP) is 3.67. The van der Waals surface area contributed by atoms with Crippen LogP contribution in [-0.2, 0) is 6.42 Å². The summed E-state index contributed by atoms with van der Waals surface area (Å²) >= 11 is 1.76. The summed E-state index contributed by atoms with van der Waals surface area (Å²) < 4.78 is 0. The predicted molar refractivity (Wildman–Crippen MR) is 51.0 cm³/mol. The van der Waals surface area contributed by atoms with Crippen LogP contribution < -0.4 is 0 Å². The van der Waals surface area contributed by atoms with Gasteiger partial charge in [0.2, 0.25) is 0 Å². The third kappa shape index (κ3) is 3.57. The Bertz CT molecular complexity index is 165. The van der Waals surface area contributed by atoms with Crippen molar-refractivity contribution in [3.8, 4) is 0 Å². The van der Waals surface area contributed by atoms with Crippen molar-refractivity contribution in [2.75, 3.05) is 0 Å². The lowest BCUT2D eigenvalue weighted by Gasteiger charge is -1.95. The van der Waals surface area contributed by atoms with Crippen molar-refractivity contribution < 1.29 is 0 Å². The molecule has 0 saturated carbocycles. The molecule has 1 heteroatoms. The number of hydrogen-bond acceptors (Lipinski definition) is 1. The average molecular weight is 167 g/mol. The number of thiophene rings is 1. The van der Waals surface area contributed by atoms with Gasteiger partial charge in [0.25, 0.3) is 0 Å². The first kappa shape index (κ1) is 8.79. The van der Waals surface area contributed by atoms with Gasteiger partial charge in [-0.25, -0.2) is 0 Å². The van der Waals surface area contributed by atoms with Crippen molar-refractivity contribution in [2.45, 2.75) is 39.0 Å². The average Bonchev–Trinajstić information content (AvgIpc) is 2.50. The Morgan fingerprint density at radius 2 is 2.27 bits per heavy atom. The molecule has 1 aromatic rings. The monoisotopic (exact) mass is 167 g/mol. The summed E-state index contributed by atoms with van der Waals surface area (Å²) in [5.74, 6) is 0. The summed E-state index contributed by atoms with van der Waals surface area (Å²) in [6.07, 6.45) is 6.70. The van der Waals surface area contributed by atoms with Gasteiger partial charge >= 0.3 is 0 Å². The van der Waals surface area contributed by atoms with E-state index < -0.39 is 0 Å². The highest BCUT2D eigenvalue weighted by Gasteiger charge is 1.92. The molecule has 0 aliphatic rings. The van der Waals surface area contributed by atoms with Crippen molar-refractivity contribution in [1.82, 2.24) is 0 Å². The number of aryl methyl sites for hydroxylation is 1. The molecule has 0 nitrogen and oxygen atoms in total. The quantitative estimate of drug-likeness (QED) is 0.587. The lowest BCUT2D eigenvalue weighted by atomic mass is 10.1. The van der Waals surface area contributed by atoms with Gasteiger partial charge in [0.1, 0.15) is 0 Å². The molecule has 61 valence electrons. The van der Waals surface area contributed by atoms with Crippen LogP contribution in [0.2, 0.25) is 0 Å². The molecule has 0 aromatic carbocycles. The third-order valence-electron chi connectivity index (χ3n) is 1.80. The van der Waals surface area contributed by atoms with Gasteiger partial charge in [-0.15, -0.1) is 11.3 Å². The smallest absolute Gasteiger partial charge is 0.0445 e. The summed E-state index contributed by atoms with van der Waals surface area (Å²) in [4.78, 5) is 1.49. The van der Waals surface area contributed by atoms with Crippen LogP contribution in [-0.4, -0.2) is 0 Å². The highest BCUT2D eigenvalue weighted by atomic mass is 32.1. The molecule has 0 saturated heterocycles. The molecule has 1 rings (SSSR count). The van der Waals surface area contributed by atoms with Crippen LogP contribution in [0.3, 0.4) is 0 Å². The second kappa shape index (κ2) is 5.36. The van der Waals surface area contributed by atoms with E-state index in [0.717, 1.165) is 0 Å². The van der Waals surface area contributed by atoms with Gasteiger partial charge in [-0.05, 0) is 25.0 Å². The van der Waals surface area contributed by atoms with E-state index in [1.54, 1.807) is 11.3 Å². The molecule has 0 aliphatic carbocycles. The van der Waals surface area contributed by atoms with Gasteiger partial charge in [-0.3, -0.25) is 0 Å². The van der Waals surface area contributed by atoms with E-state index in [1.165, 1.54) is 37.0 Å². The Balaban J connectivity index is 2.04. The van der Waals surface area contributed by atoms with Gasteiger partial charge in [-0.2, -0.15) is 0 Å². The fraction of sp³-hybridized carbons (Fsp3) is 0.600. The molecule has 0 bridgehead atoms. The maximum Gasteiger partial charge on any atom is 0.0445 e. The molecule has 1 heterocycles. The molecule has 0 unspecified atom stereocenters. The van der Waals surface area contributed by atoms with Gasteiger partial charge in [0, 0.05) is 10.3 Å². The van der Waals surface area contributed by atoms with Crippen molar-refractivity contribution in [2.24, 2.45) is 0 Å². The van der Waals surface area contributed by atoms with Gasteiger partial charge in [0.15, 0.2) is 0 Å². The molecule has 11 heavy (non-hydrogen) atoms. The largest absolute Gasteiger partial charge is 0.139 e. The molecular formula is C10H15S. The minimum Gasteiger partial charge on any atom is -0.139 e. The van der Waals surface area contributed by atoms with E-state index in [9.17, 15) is 0 Å². The maximum absolute atomic E-state index is 3.11. The zero-order valence-electron chi connectivity index (χ0n) is 7.10. The van der Waals surface area contributed by atoms with E-state index in [4.69, 9.17) is 0 Å². The van der Waals surface area contributed by atoms with E-state index >= 15 is 0 Å². The topological polar surface area (TPSA) is 0 Å². The van der Waals surface area contributed by atoms with Crippen LogP contribution in [0.4, 0.5) is 0 Å². The first-order valence-corrected chi connectivity index (χ1v) is 5.20. The highest BCUT2D eigenvalue weighted by molar-refractivity contribution is 7.09. The molecule has 1 radical (unpaired) electrons. The molecular weight excluding hydrogens is 152 g/mol. The van der Waals surface area contributed by atoms with Crippen molar-refractivity contribution >= 4 is 11.3 Å². The van der Waals surface area contributed by atoms with Crippen LogP contribution in [0.5, 0.6) is 0 Å². The molecule has 0 N–H and O–H groups in total. The summed E-state index contributed by atoms with van der Waals surface area (Å²) in [5.41, 5.74) is 0. The fourth-order valence-corrected chi connectivity index (χ4v) is 1.80. The lowest BCUT2D eigenvalue weighted by molar-refractivity contribution is 0.670. The Morgan fingerprint density at radius 3 is 2.91 bits per heavy atom. The first-order valence-electron chi connectivity index (χ1n) is 4.38. The minimum absolute atomic E-state index is 1.26. The summed E-state index contributed by atoms with van der Waals surface area (Å²) in [5, 5.41) is 3.11. The second-order valence-corrected chi connectivity index (χ2v) is 3.79. The minimum atomic E-state index is 1.26. The Labute approximate surface area is 73.3 Å². The van der Waals surface area contributed by atoms with Crippen LogP contribution in [0.25, 0.3) is 0 Å². The second-order valence-electron chi connectivity index (χ2n) is 2.83. The zero-order valence-corrected chi connectivity index (χ0v) is 7.91. The normalized spacial score (nSPS) is 10.3. The van der Waals surface area contributed by atoms with E-state index in [-0.39, 0.29) is 0 Å². The summed E-state index contributed by atoms with van der Waals surface area (Å²) in [6, 6.07) is 4.19. The van der Waals surface area contributed by atoms with Gasteiger partial charge < -0.3 is 0 Å². The molecule has 1 aromatic heterocycles.